The Kier molecular flexibility index (Phi) is 8.18. The van der Waals surface area contributed by atoms with E-state index < -0.39 is 17.9 Å². The van der Waals surface area contributed by atoms with E-state index in [1.807, 2.05) is 13.0 Å². The van der Waals surface area contributed by atoms with Crippen LogP contribution in [0.2, 0.25) is 0 Å². The minimum atomic E-state index is -4.51. The minimum absolute atomic E-state index is 0.138. The maximum atomic E-state index is 8.24. The monoisotopic (exact) mass is 758 g/mol. The summed E-state index contributed by atoms with van der Waals surface area (Å²) in [6.45, 7) is 10.7. The number of hydrogen-bond acceptors (Lipinski definition) is 2. The fourth-order valence-electron chi connectivity index (χ4n) is 7.73. The van der Waals surface area contributed by atoms with Crippen LogP contribution in [-0.2, 0) is 23.3 Å². The Bertz CT molecular complexity index is 2270. The van der Waals surface area contributed by atoms with Crippen LogP contribution in [0.15, 0.2) is 124 Å². The van der Waals surface area contributed by atoms with Crippen LogP contribution < -0.4 is 0 Å². The van der Waals surface area contributed by atoms with Gasteiger partial charge in [-0.25, -0.2) is 0 Å². The van der Waals surface area contributed by atoms with Gasteiger partial charge in [0.05, 0.1) is 0 Å². The van der Waals surface area contributed by atoms with E-state index in [1.165, 1.54) is 38.9 Å². The van der Waals surface area contributed by atoms with E-state index in [1.54, 1.807) is 0 Å². The summed E-state index contributed by atoms with van der Waals surface area (Å²) in [5, 5.41) is 0. The molecule has 2 heterocycles. The summed E-state index contributed by atoms with van der Waals surface area (Å²) in [5.74, 6) is 3.46. The van der Waals surface area contributed by atoms with E-state index in [0.29, 0.717) is 0 Å². The van der Waals surface area contributed by atoms with Gasteiger partial charge in [0.25, 0.3) is 0 Å². The number of halogens is 2. The molecule has 244 valence electrons. The normalized spacial score (nSPS) is 17.1. The molecule has 0 bridgehead atoms. The quantitative estimate of drug-likeness (QED) is 0.169. The van der Waals surface area contributed by atoms with Gasteiger partial charge in [0.1, 0.15) is 0 Å². The third kappa shape index (κ3) is 5.59. The summed E-state index contributed by atoms with van der Waals surface area (Å²) < 4.78 is 12.7. The Morgan fingerprint density at radius 2 is 1.16 bits per heavy atom. The molecule has 2 nitrogen and oxygen atoms in total. The van der Waals surface area contributed by atoms with Gasteiger partial charge in [-0.15, -0.1) is 0 Å². The van der Waals surface area contributed by atoms with Crippen LogP contribution >= 0.6 is 17.0 Å². The number of furan rings is 2. The Morgan fingerprint density at radius 3 is 1.78 bits per heavy atom. The van der Waals surface area contributed by atoms with Crippen LogP contribution in [0.25, 0.3) is 45.6 Å². The van der Waals surface area contributed by atoms with Gasteiger partial charge in [-0.1, -0.05) is 0 Å². The van der Waals surface area contributed by atoms with Crippen molar-refractivity contribution < 1.29 is 26.7 Å². The number of fused-ring (bicyclic) bond motifs is 2. The van der Waals surface area contributed by atoms with Crippen molar-refractivity contribution >= 4 is 40.3 Å². The van der Waals surface area contributed by atoms with Gasteiger partial charge in [0.2, 0.25) is 0 Å². The Morgan fingerprint density at radius 1 is 0.571 bits per heavy atom. The van der Waals surface area contributed by atoms with Crippen LogP contribution in [0.5, 0.6) is 0 Å². The topological polar surface area (TPSA) is 26.3 Å². The van der Waals surface area contributed by atoms with Crippen molar-refractivity contribution in [3.05, 3.63) is 166 Å². The fourth-order valence-corrected chi connectivity index (χ4v) is 20.5. The van der Waals surface area contributed by atoms with Crippen molar-refractivity contribution in [3.63, 3.8) is 0 Å². The summed E-state index contributed by atoms with van der Waals surface area (Å²) in [6.07, 6.45) is 4.60. The molecule has 2 unspecified atom stereocenters. The molecule has 0 aliphatic heterocycles. The molecule has 4 aromatic carbocycles. The molecule has 6 aromatic rings. The predicted molar refractivity (Wildman–Crippen MR) is 202 cm³/mol. The Balaban J connectivity index is 1.36. The number of hydrogen-bond donors (Lipinski definition) is 0. The van der Waals surface area contributed by atoms with E-state index in [0.717, 1.165) is 45.3 Å². The van der Waals surface area contributed by atoms with Crippen molar-refractivity contribution in [2.24, 2.45) is 0 Å². The van der Waals surface area contributed by atoms with Crippen LogP contribution in [0.3, 0.4) is 0 Å². The number of benzene rings is 4. The second-order valence-corrected chi connectivity index (χ2v) is 29.1. The molecule has 2 aliphatic carbocycles. The first kappa shape index (κ1) is 32.6. The first-order valence-electron chi connectivity index (χ1n) is 16.9. The van der Waals surface area contributed by atoms with E-state index in [9.17, 15) is 0 Å². The van der Waals surface area contributed by atoms with Crippen molar-refractivity contribution in [1.82, 2.24) is 0 Å². The van der Waals surface area contributed by atoms with Gasteiger partial charge in [-0.2, -0.15) is 0 Å². The molecule has 2 atom stereocenters. The summed E-state index contributed by atoms with van der Waals surface area (Å²) in [4.78, 5) is 0. The van der Waals surface area contributed by atoms with Gasteiger partial charge in [0.15, 0.2) is 0 Å². The molecule has 0 amide bonds. The second-order valence-electron chi connectivity index (χ2n) is 14.4. The summed E-state index contributed by atoms with van der Waals surface area (Å²) in [6, 6.07) is 40.5. The van der Waals surface area contributed by atoms with Crippen LogP contribution in [0.4, 0.5) is 0 Å². The van der Waals surface area contributed by atoms with Crippen molar-refractivity contribution in [1.29, 1.82) is 0 Å². The molecule has 0 fully saturated rings. The molecule has 0 radical (unpaired) electrons. The van der Waals surface area contributed by atoms with E-state index >= 15 is 0 Å². The molecule has 0 spiro atoms. The number of allylic oxidation sites excluding steroid dienone is 2. The first-order valence-corrected chi connectivity index (χ1v) is 26.0. The maximum absolute atomic E-state index is 8.24. The van der Waals surface area contributed by atoms with Gasteiger partial charge >= 0.3 is 303 Å². The number of aryl methyl sites for hydroxylation is 2. The zero-order valence-electron chi connectivity index (χ0n) is 28.4. The average Bonchev–Trinajstić information content (AvgIpc) is 3.89. The molecule has 0 saturated carbocycles. The van der Waals surface area contributed by atoms with Gasteiger partial charge in [-0.05, 0) is 0 Å². The molecular weight excluding hydrogens is 723 g/mol. The Labute approximate surface area is 300 Å². The van der Waals surface area contributed by atoms with Crippen molar-refractivity contribution in [3.8, 4) is 22.3 Å². The third-order valence-corrected chi connectivity index (χ3v) is 22.0. The fraction of sp³-hybridized carbons (Fsp3) is 0.182. The average molecular weight is 761 g/mol. The number of rotatable bonds is 6. The van der Waals surface area contributed by atoms with E-state index in [2.05, 4.69) is 149 Å². The van der Waals surface area contributed by atoms with Crippen LogP contribution in [-0.4, -0.2) is 0 Å². The standard InChI is InChI=1S/C23H21O.C21H17O.2ClH.Zr/c1-23(2,3)22-13-12-21(24-22)18-14-17-10-7-11-19(20(17)15-18)16-8-5-4-6-9-16;1-14-8-10-17-12-18(20-11-9-15(2)22-20)13-19(17)21(14)16-6-4-3-5-7-16;;;/h4-15H,1-3H3;3-13H,1-2H3;2*1H;/q;;;;+2/p-2. The molecule has 0 saturated heterocycles. The van der Waals surface area contributed by atoms with Gasteiger partial charge in [0, 0.05) is 0 Å². The summed E-state index contributed by atoms with van der Waals surface area (Å²) in [5.41, 5.74) is 12.6. The first-order chi connectivity index (χ1) is 23.5. The zero-order valence-corrected chi connectivity index (χ0v) is 32.3. The zero-order chi connectivity index (χ0) is 34.1. The molecule has 5 heteroatoms. The van der Waals surface area contributed by atoms with E-state index in [-0.39, 0.29) is 12.7 Å². The van der Waals surface area contributed by atoms with E-state index in [4.69, 9.17) is 25.9 Å². The van der Waals surface area contributed by atoms with Crippen molar-refractivity contribution in [2.45, 2.75) is 47.3 Å². The second kappa shape index (κ2) is 12.3. The third-order valence-electron chi connectivity index (χ3n) is 10.0. The summed E-state index contributed by atoms with van der Waals surface area (Å²) in [7, 11) is 16.5. The van der Waals surface area contributed by atoms with Gasteiger partial charge in [-0.3, -0.25) is 0 Å². The molecule has 2 aliphatic rings. The van der Waals surface area contributed by atoms with Crippen LogP contribution in [0, 0.1) is 13.8 Å². The summed E-state index contributed by atoms with van der Waals surface area (Å²) >= 11 is -4.51. The SMILES string of the molecule is Cc1ccc(C2=Cc3c(ccc(C)c3-c3ccccc3)[CH]2[Zr]([Cl])([Cl])[CH]2C(c3ccc(C(C)(C)C)o3)=Cc3c(-c4ccccc4)cccc32)o1. The Hall–Kier alpha value is -3.62. The van der Waals surface area contributed by atoms with Gasteiger partial charge < -0.3 is 0 Å². The predicted octanol–water partition coefficient (Wildman–Crippen LogP) is 13.5. The molecule has 2 aromatic heterocycles. The molecule has 49 heavy (non-hydrogen) atoms. The van der Waals surface area contributed by atoms with Crippen LogP contribution in [0.1, 0.15) is 78.9 Å². The molecular formula is C44H38Cl2O2Zr. The van der Waals surface area contributed by atoms with Crippen molar-refractivity contribution in [2.75, 3.05) is 0 Å². The molecule has 0 N–H and O–H groups in total. The molecule has 8 rings (SSSR count).